The average molecular weight is 365 g/mol. The minimum absolute atomic E-state index is 0.0341. The minimum Gasteiger partial charge on any atom is -0.497 e. The summed E-state index contributed by atoms with van der Waals surface area (Å²) in [5, 5.41) is 5.25. The number of carbonyl (C=O) groups is 1. The third-order valence-corrected chi connectivity index (χ3v) is 5.33. The first-order valence-electron chi connectivity index (χ1n) is 8.59. The van der Waals surface area contributed by atoms with Crippen LogP contribution in [0.4, 0.5) is 0 Å². The van der Waals surface area contributed by atoms with E-state index >= 15 is 0 Å². The number of methoxy groups -OCH3 is 1. The van der Waals surface area contributed by atoms with Crippen molar-refractivity contribution in [1.82, 2.24) is 5.32 Å². The molecule has 134 valence electrons. The van der Waals surface area contributed by atoms with Crippen LogP contribution in [0.5, 0.6) is 5.75 Å². The van der Waals surface area contributed by atoms with Crippen molar-refractivity contribution in [2.75, 3.05) is 13.4 Å². The van der Waals surface area contributed by atoms with E-state index in [-0.39, 0.29) is 11.8 Å². The Morgan fingerprint density at radius 1 is 1.04 bits per heavy atom. The normalized spacial score (nSPS) is 12.0. The third-order valence-electron chi connectivity index (χ3n) is 4.59. The summed E-state index contributed by atoms with van der Waals surface area (Å²) in [6, 6.07) is 20.4. The van der Waals surface area contributed by atoms with Crippen molar-refractivity contribution in [2.24, 2.45) is 0 Å². The topological polar surface area (TPSA) is 38.3 Å². The number of thioether (sulfide) groups is 1. The molecule has 0 saturated heterocycles. The molecule has 0 radical (unpaired) electrons. The zero-order chi connectivity index (χ0) is 18.5. The van der Waals surface area contributed by atoms with Crippen LogP contribution in [-0.4, -0.2) is 19.3 Å². The molecule has 3 aromatic rings. The molecule has 3 rings (SSSR count). The zero-order valence-corrected chi connectivity index (χ0v) is 16.1. The molecule has 0 spiro atoms. The first-order chi connectivity index (χ1) is 12.6. The van der Waals surface area contributed by atoms with Crippen LogP contribution < -0.4 is 10.1 Å². The second-order valence-corrected chi connectivity index (χ2v) is 7.14. The lowest BCUT2D eigenvalue weighted by molar-refractivity contribution is -0.122. The molecule has 0 unspecified atom stereocenters. The molecule has 0 heterocycles. The van der Waals surface area contributed by atoms with E-state index in [0.29, 0.717) is 6.54 Å². The van der Waals surface area contributed by atoms with Gasteiger partial charge in [-0.1, -0.05) is 36.4 Å². The molecule has 3 aromatic carbocycles. The Morgan fingerprint density at radius 3 is 2.42 bits per heavy atom. The molecule has 1 atom stereocenters. The maximum atomic E-state index is 12.5. The van der Waals surface area contributed by atoms with Gasteiger partial charge in [-0.2, -0.15) is 0 Å². The number of ether oxygens (including phenoxy) is 1. The fraction of sp³-hybridized carbons (Fsp3) is 0.227. The second-order valence-electron chi connectivity index (χ2n) is 6.26. The van der Waals surface area contributed by atoms with Crippen LogP contribution in [0.15, 0.2) is 65.6 Å². The molecule has 26 heavy (non-hydrogen) atoms. The molecule has 0 aliphatic carbocycles. The van der Waals surface area contributed by atoms with E-state index in [1.165, 1.54) is 4.90 Å². The SMILES string of the molecule is COc1ccc2cc([C@H](C)C(=O)NCc3ccc(SC)cc3)ccc2c1. The number of hydrogen-bond acceptors (Lipinski definition) is 3. The molecular weight excluding hydrogens is 342 g/mol. The lowest BCUT2D eigenvalue weighted by Crippen LogP contribution is -2.27. The second kappa shape index (κ2) is 8.28. The van der Waals surface area contributed by atoms with Crippen LogP contribution in [0.3, 0.4) is 0 Å². The first-order valence-corrected chi connectivity index (χ1v) is 9.81. The predicted molar refractivity (Wildman–Crippen MR) is 109 cm³/mol. The summed E-state index contributed by atoms with van der Waals surface area (Å²) in [6.07, 6.45) is 2.05. The van der Waals surface area contributed by atoms with Crippen molar-refractivity contribution in [3.63, 3.8) is 0 Å². The molecule has 0 aliphatic heterocycles. The van der Waals surface area contributed by atoms with Gasteiger partial charge in [0.05, 0.1) is 13.0 Å². The molecule has 3 nitrogen and oxygen atoms in total. The van der Waals surface area contributed by atoms with E-state index in [4.69, 9.17) is 4.74 Å². The number of benzene rings is 3. The van der Waals surface area contributed by atoms with Crippen molar-refractivity contribution in [3.05, 3.63) is 71.8 Å². The van der Waals surface area contributed by atoms with Gasteiger partial charge in [0.15, 0.2) is 0 Å². The van der Waals surface area contributed by atoms with Crippen LogP contribution in [0, 0.1) is 0 Å². The lowest BCUT2D eigenvalue weighted by atomic mass is 9.97. The van der Waals surface area contributed by atoms with Crippen LogP contribution in [0.25, 0.3) is 10.8 Å². The van der Waals surface area contributed by atoms with Crippen molar-refractivity contribution in [1.29, 1.82) is 0 Å². The third kappa shape index (κ3) is 4.20. The van der Waals surface area contributed by atoms with E-state index in [1.54, 1.807) is 18.9 Å². The highest BCUT2D eigenvalue weighted by Gasteiger charge is 2.15. The van der Waals surface area contributed by atoms with Crippen molar-refractivity contribution in [3.8, 4) is 5.75 Å². The van der Waals surface area contributed by atoms with Crippen LogP contribution >= 0.6 is 11.8 Å². The zero-order valence-electron chi connectivity index (χ0n) is 15.3. The highest BCUT2D eigenvalue weighted by Crippen LogP contribution is 2.25. The van der Waals surface area contributed by atoms with Gasteiger partial charge in [0.2, 0.25) is 5.91 Å². The molecular formula is C22H23NO2S. The quantitative estimate of drug-likeness (QED) is 0.626. The Balaban J connectivity index is 1.68. The fourth-order valence-electron chi connectivity index (χ4n) is 2.88. The Hall–Kier alpha value is -2.46. The molecule has 0 fully saturated rings. The Kier molecular flexibility index (Phi) is 5.84. The molecule has 0 saturated carbocycles. The smallest absolute Gasteiger partial charge is 0.227 e. The summed E-state index contributed by atoms with van der Waals surface area (Å²) in [5.74, 6) is 0.669. The predicted octanol–water partition coefficient (Wildman–Crippen LogP) is 4.99. The van der Waals surface area contributed by atoms with E-state index in [9.17, 15) is 4.79 Å². The van der Waals surface area contributed by atoms with Gasteiger partial charge in [-0.05, 0) is 59.3 Å². The molecule has 1 N–H and O–H groups in total. The minimum atomic E-state index is -0.202. The summed E-state index contributed by atoms with van der Waals surface area (Å²) in [4.78, 5) is 13.8. The Labute approximate surface area is 158 Å². The molecule has 4 heteroatoms. The number of nitrogens with one attached hydrogen (secondary N) is 1. The van der Waals surface area contributed by atoms with Crippen molar-refractivity contribution in [2.45, 2.75) is 24.3 Å². The van der Waals surface area contributed by atoms with Crippen molar-refractivity contribution < 1.29 is 9.53 Å². The first kappa shape index (κ1) is 18.3. The van der Waals surface area contributed by atoms with Crippen LogP contribution in [0.2, 0.25) is 0 Å². The van der Waals surface area contributed by atoms with Crippen molar-refractivity contribution >= 4 is 28.4 Å². The number of fused-ring (bicyclic) bond motifs is 1. The largest absolute Gasteiger partial charge is 0.497 e. The van der Waals surface area contributed by atoms with E-state index < -0.39 is 0 Å². The summed E-state index contributed by atoms with van der Waals surface area (Å²) >= 11 is 1.71. The van der Waals surface area contributed by atoms with Gasteiger partial charge in [0.1, 0.15) is 5.75 Å². The highest BCUT2D eigenvalue weighted by molar-refractivity contribution is 7.98. The Bertz CT molecular complexity index is 906. The summed E-state index contributed by atoms with van der Waals surface area (Å²) in [7, 11) is 1.66. The van der Waals surface area contributed by atoms with Gasteiger partial charge in [-0.25, -0.2) is 0 Å². The van der Waals surface area contributed by atoms with Gasteiger partial charge < -0.3 is 10.1 Å². The standard InChI is InChI=1S/C22H23NO2S/c1-15(22(24)23-14-16-4-10-21(26-3)11-5-16)17-6-7-19-13-20(25-2)9-8-18(19)12-17/h4-13,15H,14H2,1-3H3,(H,23,24)/t15-/m0/s1. The van der Waals surface area contributed by atoms with Gasteiger partial charge in [-0.15, -0.1) is 11.8 Å². The maximum Gasteiger partial charge on any atom is 0.227 e. The Morgan fingerprint density at radius 2 is 1.73 bits per heavy atom. The fourth-order valence-corrected chi connectivity index (χ4v) is 3.28. The van der Waals surface area contributed by atoms with Gasteiger partial charge in [0.25, 0.3) is 0 Å². The molecule has 0 aromatic heterocycles. The van der Waals surface area contributed by atoms with E-state index in [2.05, 4.69) is 41.9 Å². The molecule has 0 aliphatic rings. The number of rotatable bonds is 6. The number of hydrogen-bond donors (Lipinski definition) is 1. The van der Waals surface area contributed by atoms with E-state index in [1.807, 2.05) is 37.3 Å². The summed E-state index contributed by atoms with van der Waals surface area (Å²) < 4.78 is 5.26. The monoisotopic (exact) mass is 365 g/mol. The highest BCUT2D eigenvalue weighted by atomic mass is 32.2. The van der Waals surface area contributed by atoms with Crippen LogP contribution in [-0.2, 0) is 11.3 Å². The van der Waals surface area contributed by atoms with Gasteiger partial charge in [-0.3, -0.25) is 4.79 Å². The maximum absolute atomic E-state index is 12.5. The number of carbonyl (C=O) groups excluding carboxylic acids is 1. The average Bonchev–Trinajstić information content (AvgIpc) is 2.70. The number of amides is 1. The summed E-state index contributed by atoms with van der Waals surface area (Å²) in [6.45, 7) is 2.49. The van der Waals surface area contributed by atoms with Gasteiger partial charge >= 0.3 is 0 Å². The van der Waals surface area contributed by atoms with Crippen LogP contribution in [0.1, 0.15) is 24.0 Å². The van der Waals surface area contributed by atoms with E-state index in [0.717, 1.165) is 27.6 Å². The van der Waals surface area contributed by atoms with Gasteiger partial charge in [0, 0.05) is 11.4 Å². The molecule has 0 bridgehead atoms. The molecule has 1 amide bonds. The lowest BCUT2D eigenvalue weighted by Gasteiger charge is -2.14. The summed E-state index contributed by atoms with van der Waals surface area (Å²) in [5.41, 5.74) is 2.12.